The highest BCUT2D eigenvalue weighted by molar-refractivity contribution is 7.99. The normalized spacial score (nSPS) is 11.4. The van der Waals surface area contributed by atoms with Gasteiger partial charge in [-0.25, -0.2) is 12.8 Å². The van der Waals surface area contributed by atoms with E-state index in [1.54, 1.807) is 24.3 Å². The summed E-state index contributed by atoms with van der Waals surface area (Å²) in [6.45, 7) is 3.43. The number of nitrogens with one attached hydrogen (secondary N) is 1. The minimum Gasteiger partial charge on any atom is -0.512 e. The largest absolute Gasteiger partial charge is 0.512 e. The molecule has 4 rings (SSSR count). The lowest BCUT2D eigenvalue weighted by molar-refractivity contribution is 0.420. The van der Waals surface area contributed by atoms with Crippen LogP contribution >= 0.6 is 23.4 Å². The van der Waals surface area contributed by atoms with E-state index < -0.39 is 15.8 Å². The zero-order valence-corrected chi connectivity index (χ0v) is 20.4. The Balaban J connectivity index is 1.62. The van der Waals surface area contributed by atoms with Crippen molar-refractivity contribution in [1.29, 1.82) is 0 Å². The third-order valence-corrected chi connectivity index (χ3v) is 7.65. The topological polar surface area (TPSA) is 95.9 Å². The predicted molar refractivity (Wildman–Crippen MR) is 137 cm³/mol. The van der Waals surface area contributed by atoms with Crippen LogP contribution in [0.1, 0.15) is 0 Å². The van der Waals surface area contributed by atoms with E-state index in [9.17, 15) is 23.0 Å². The second-order valence-corrected chi connectivity index (χ2v) is 10.5. The molecule has 0 aliphatic rings. The molecule has 35 heavy (non-hydrogen) atoms. The minimum atomic E-state index is -4.00. The second kappa shape index (κ2) is 10.1. The van der Waals surface area contributed by atoms with Gasteiger partial charge in [-0.1, -0.05) is 42.4 Å². The molecule has 6 nitrogen and oxygen atoms in total. The number of sulfonamides is 1. The standard InChI is InChI=1S/C25H19ClFNO5S2/c1-15(29)14-34-24-13-23(19-4-2-3-5-20(19)25(24)30)28-35(31,32)18-9-6-16(7-10-18)33-17-8-11-22(27)21(26)12-17/h2-13,28-30H,1,14H2. The van der Waals surface area contributed by atoms with Crippen molar-refractivity contribution in [3.05, 3.63) is 96.0 Å². The van der Waals surface area contributed by atoms with Gasteiger partial charge in [-0.3, -0.25) is 4.72 Å². The fourth-order valence-electron chi connectivity index (χ4n) is 3.26. The number of halogens is 2. The number of ether oxygens (including phenoxy) is 1. The molecule has 3 N–H and O–H groups in total. The van der Waals surface area contributed by atoms with Gasteiger partial charge in [0, 0.05) is 16.8 Å². The van der Waals surface area contributed by atoms with Crippen molar-refractivity contribution in [3.63, 3.8) is 0 Å². The summed E-state index contributed by atoms with van der Waals surface area (Å²) in [5.74, 6) is 0.114. The average molecular weight is 532 g/mol. The number of benzene rings is 4. The molecule has 0 atom stereocenters. The molecule has 0 aromatic heterocycles. The first kappa shape index (κ1) is 24.7. The first-order chi connectivity index (χ1) is 16.6. The molecule has 0 unspecified atom stereocenters. The van der Waals surface area contributed by atoms with Gasteiger partial charge in [0.15, 0.2) is 0 Å². The van der Waals surface area contributed by atoms with Gasteiger partial charge >= 0.3 is 0 Å². The zero-order chi connectivity index (χ0) is 25.2. The highest BCUT2D eigenvalue weighted by Crippen LogP contribution is 2.41. The van der Waals surface area contributed by atoms with Gasteiger partial charge in [0.2, 0.25) is 0 Å². The number of anilines is 1. The van der Waals surface area contributed by atoms with Crippen LogP contribution in [0.2, 0.25) is 5.02 Å². The molecule has 4 aromatic rings. The lowest BCUT2D eigenvalue weighted by atomic mass is 10.1. The smallest absolute Gasteiger partial charge is 0.261 e. The number of aliphatic hydroxyl groups excluding tert-OH is 1. The first-order valence-electron chi connectivity index (χ1n) is 10.1. The van der Waals surface area contributed by atoms with Crippen molar-refractivity contribution in [1.82, 2.24) is 0 Å². The van der Waals surface area contributed by atoms with E-state index >= 15 is 0 Å². The molecule has 0 spiro atoms. The van der Waals surface area contributed by atoms with Gasteiger partial charge in [-0.15, -0.1) is 11.8 Å². The molecule has 0 heterocycles. The van der Waals surface area contributed by atoms with E-state index in [2.05, 4.69) is 11.3 Å². The van der Waals surface area contributed by atoms with Crippen molar-refractivity contribution < 1.29 is 27.8 Å². The summed E-state index contributed by atoms with van der Waals surface area (Å²) in [5, 5.41) is 20.9. The maximum absolute atomic E-state index is 13.3. The molecule has 0 aliphatic carbocycles. The van der Waals surface area contributed by atoms with Crippen LogP contribution < -0.4 is 9.46 Å². The van der Waals surface area contributed by atoms with Gasteiger partial charge in [0.1, 0.15) is 23.1 Å². The Morgan fingerprint density at radius 1 is 1.03 bits per heavy atom. The zero-order valence-electron chi connectivity index (χ0n) is 18.0. The number of rotatable bonds is 8. The summed E-state index contributed by atoms with van der Waals surface area (Å²) < 4.78 is 47.8. The molecule has 0 amide bonds. The van der Waals surface area contributed by atoms with E-state index in [0.29, 0.717) is 27.2 Å². The van der Waals surface area contributed by atoms with Crippen molar-refractivity contribution in [3.8, 4) is 17.2 Å². The van der Waals surface area contributed by atoms with Crippen LogP contribution in [0.25, 0.3) is 10.8 Å². The molecule has 0 saturated carbocycles. The van der Waals surface area contributed by atoms with E-state index in [1.165, 1.54) is 48.5 Å². The molecule has 0 radical (unpaired) electrons. The summed E-state index contributed by atoms with van der Waals surface area (Å²) in [4.78, 5) is 0.371. The monoisotopic (exact) mass is 531 g/mol. The van der Waals surface area contributed by atoms with Crippen LogP contribution in [0.3, 0.4) is 0 Å². The van der Waals surface area contributed by atoms with E-state index in [0.717, 1.165) is 11.8 Å². The molecular weight excluding hydrogens is 513 g/mol. The summed E-state index contributed by atoms with van der Waals surface area (Å²) in [5.41, 5.74) is 0.269. The van der Waals surface area contributed by atoms with Gasteiger partial charge in [0.25, 0.3) is 10.0 Å². The number of aromatic hydroxyl groups is 1. The molecule has 0 bridgehead atoms. The Labute approximate surface area is 210 Å². The third kappa shape index (κ3) is 5.64. The van der Waals surface area contributed by atoms with Crippen molar-refractivity contribution >= 4 is 49.8 Å². The maximum atomic E-state index is 13.3. The fraction of sp³-hybridized carbons (Fsp3) is 0.0400. The summed E-state index contributed by atoms with van der Waals surface area (Å²) in [7, 11) is -4.00. The van der Waals surface area contributed by atoms with E-state index in [-0.39, 0.29) is 32.9 Å². The van der Waals surface area contributed by atoms with E-state index in [4.69, 9.17) is 16.3 Å². The quantitative estimate of drug-likeness (QED) is 0.127. The number of hydrogen-bond acceptors (Lipinski definition) is 6. The van der Waals surface area contributed by atoms with Crippen molar-refractivity contribution in [2.45, 2.75) is 9.79 Å². The predicted octanol–water partition coefficient (Wildman–Crippen LogP) is 7.09. The van der Waals surface area contributed by atoms with Gasteiger partial charge < -0.3 is 14.9 Å². The average Bonchev–Trinajstić information content (AvgIpc) is 2.82. The third-order valence-electron chi connectivity index (χ3n) is 4.88. The lowest BCUT2D eigenvalue weighted by Gasteiger charge is -2.15. The highest BCUT2D eigenvalue weighted by atomic mass is 35.5. The Morgan fingerprint density at radius 2 is 1.69 bits per heavy atom. The molecule has 180 valence electrons. The van der Waals surface area contributed by atoms with Crippen LogP contribution in [0.5, 0.6) is 17.2 Å². The number of phenols is 1. The molecule has 4 aromatic carbocycles. The number of thioether (sulfide) groups is 1. The molecular formula is C25H19ClFNO5S2. The van der Waals surface area contributed by atoms with Crippen LogP contribution in [-0.4, -0.2) is 24.4 Å². The van der Waals surface area contributed by atoms with Crippen LogP contribution in [-0.2, 0) is 10.0 Å². The van der Waals surface area contributed by atoms with Gasteiger partial charge in [-0.05, 0) is 42.5 Å². The minimum absolute atomic E-state index is 0.0165. The van der Waals surface area contributed by atoms with E-state index in [1.807, 2.05) is 0 Å². The molecule has 0 aliphatic heterocycles. The maximum Gasteiger partial charge on any atom is 0.261 e. The first-order valence-corrected chi connectivity index (χ1v) is 13.0. The second-order valence-electron chi connectivity index (χ2n) is 7.43. The number of phenolic OH excluding ortho intramolecular Hbond substituents is 1. The Bertz CT molecular complexity index is 1530. The van der Waals surface area contributed by atoms with Gasteiger partial charge in [0.05, 0.1) is 32.0 Å². The van der Waals surface area contributed by atoms with Crippen molar-refractivity contribution in [2.75, 3.05) is 10.5 Å². The Hall–Kier alpha value is -3.40. The molecule has 0 fully saturated rings. The van der Waals surface area contributed by atoms with Crippen molar-refractivity contribution in [2.24, 2.45) is 0 Å². The Morgan fingerprint density at radius 3 is 2.34 bits per heavy atom. The Kier molecular flexibility index (Phi) is 7.11. The van der Waals surface area contributed by atoms with Gasteiger partial charge in [-0.2, -0.15) is 0 Å². The number of hydrogen-bond donors (Lipinski definition) is 3. The summed E-state index contributed by atoms with van der Waals surface area (Å²) >= 11 is 6.89. The summed E-state index contributed by atoms with van der Waals surface area (Å²) in [6, 6.07) is 17.9. The van der Waals surface area contributed by atoms with Crippen LogP contribution in [0.4, 0.5) is 10.1 Å². The molecule has 10 heteroatoms. The lowest BCUT2D eigenvalue weighted by Crippen LogP contribution is -2.13. The fourth-order valence-corrected chi connectivity index (χ4v) is 5.27. The SMILES string of the molecule is C=C(O)CSc1cc(NS(=O)(=O)c2ccc(Oc3ccc(F)c(Cl)c3)cc2)c2ccccc2c1O. The number of aliphatic hydroxyl groups is 1. The van der Waals surface area contributed by atoms with Crippen LogP contribution in [0, 0.1) is 5.82 Å². The number of fused-ring (bicyclic) bond motifs is 1. The summed E-state index contributed by atoms with van der Waals surface area (Å²) in [6.07, 6.45) is 0. The molecule has 0 saturated heterocycles. The highest BCUT2D eigenvalue weighted by Gasteiger charge is 2.19. The van der Waals surface area contributed by atoms with Crippen LogP contribution in [0.15, 0.2) is 94.9 Å².